The van der Waals surface area contributed by atoms with E-state index in [9.17, 15) is 0 Å². The van der Waals surface area contributed by atoms with Gasteiger partial charge in [0.1, 0.15) is 5.51 Å². The highest BCUT2D eigenvalue weighted by atomic mass is 32.2. The summed E-state index contributed by atoms with van der Waals surface area (Å²) in [7, 11) is 0. The average molecular weight is 259 g/mol. The Morgan fingerprint density at radius 3 is 3.31 bits per heavy atom. The van der Waals surface area contributed by atoms with E-state index < -0.39 is 0 Å². The van der Waals surface area contributed by atoms with E-state index in [0.29, 0.717) is 12.0 Å². The number of hydrogen-bond donors (Lipinski definition) is 1. The minimum Gasteiger partial charge on any atom is -0.381 e. The van der Waals surface area contributed by atoms with Gasteiger partial charge in [-0.15, -0.1) is 10.2 Å². The van der Waals surface area contributed by atoms with Gasteiger partial charge in [-0.05, 0) is 13.0 Å². The maximum absolute atomic E-state index is 5.45. The number of nitrogens with one attached hydrogen (secondary N) is 1. The van der Waals surface area contributed by atoms with E-state index in [1.807, 2.05) is 0 Å². The smallest absolute Gasteiger partial charge is 0.174 e. The number of thioether (sulfide) groups is 1. The molecular formula is C10H17N3OS2. The molecule has 0 amide bonds. The van der Waals surface area contributed by atoms with E-state index in [2.05, 4.69) is 22.4 Å². The van der Waals surface area contributed by atoms with Crippen molar-refractivity contribution in [3.8, 4) is 0 Å². The molecule has 1 aliphatic rings. The van der Waals surface area contributed by atoms with Gasteiger partial charge in [0.05, 0.1) is 6.61 Å². The largest absolute Gasteiger partial charge is 0.381 e. The van der Waals surface area contributed by atoms with Crippen molar-refractivity contribution in [3.63, 3.8) is 0 Å². The van der Waals surface area contributed by atoms with Gasteiger partial charge in [-0.1, -0.05) is 30.0 Å². The lowest BCUT2D eigenvalue weighted by atomic mass is 10.0. The van der Waals surface area contributed by atoms with Crippen molar-refractivity contribution in [2.75, 3.05) is 25.5 Å². The number of nitrogens with zero attached hydrogens (tertiary/aromatic N) is 2. The van der Waals surface area contributed by atoms with E-state index >= 15 is 0 Å². The van der Waals surface area contributed by atoms with Gasteiger partial charge in [-0.25, -0.2) is 0 Å². The Morgan fingerprint density at radius 1 is 1.75 bits per heavy atom. The van der Waals surface area contributed by atoms with Crippen LogP contribution < -0.4 is 5.32 Å². The normalized spacial score (nSPS) is 22.4. The van der Waals surface area contributed by atoms with Crippen LogP contribution in [0.4, 0.5) is 0 Å². The van der Waals surface area contributed by atoms with Gasteiger partial charge in [0.15, 0.2) is 4.34 Å². The van der Waals surface area contributed by atoms with Gasteiger partial charge in [-0.2, -0.15) is 0 Å². The number of aromatic nitrogens is 2. The number of ether oxygens (including phenoxy) is 1. The molecule has 4 nitrogen and oxygen atoms in total. The third kappa shape index (κ3) is 3.41. The molecule has 2 atom stereocenters. The van der Waals surface area contributed by atoms with Crippen molar-refractivity contribution in [2.45, 2.75) is 23.7 Å². The van der Waals surface area contributed by atoms with Crippen LogP contribution in [0.5, 0.6) is 0 Å². The summed E-state index contributed by atoms with van der Waals surface area (Å²) in [6.45, 7) is 4.97. The Labute approximate surface area is 104 Å². The molecule has 2 heterocycles. The van der Waals surface area contributed by atoms with Crippen molar-refractivity contribution < 1.29 is 4.74 Å². The molecule has 2 rings (SSSR count). The van der Waals surface area contributed by atoms with Crippen LogP contribution in [-0.4, -0.2) is 41.8 Å². The second-order valence-electron chi connectivity index (χ2n) is 3.80. The zero-order chi connectivity index (χ0) is 11.2. The zero-order valence-electron chi connectivity index (χ0n) is 9.39. The highest BCUT2D eigenvalue weighted by Crippen LogP contribution is 2.25. The average Bonchev–Trinajstić information content (AvgIpc) is 2.96. The predicted octanol–water partition coefficient (Wildman–Crippen LogP) is 1.64. The third-order valence-electron chi connectivity index (χ3n) is 2.73. The summed E-state index contributed by atoms with van der Waals surface area (Å²) in [4.78, 5) is 0. The molecule has 0 spiro atoms. The van der Waals surface area contributed by atoms with E-state index in [0.717, 1.165) is 29.9 Å². The minimum absolute atomic E-state index is 0.529. The molecule has 1 aromatic heterocycles. The highest BCUT2D eigenvalue weighted by Gasteiger charge is 2.25. The Hall–Kier alpha value is -0.170. The monoisotopic (exact) mass is 259 g/mol. The standard InChI is InChI=1S/C10H17N3OS2/c1-2-11-9(8-3-4-14-5-8)6-15-10-13-12-7-16-10/h7-9,11H,2-6H2,1H3. The molecule has 1 aromatic rings. The van der Waals surface area contributed by atoms with E-state index in [1.165, 1.54) is 6.42 Å². The molecule has 0 radical (unpaired) electrons. The number of hydrogen-bond acceptors (Lipinski definition) is 6. The van der Waals surface area contributed by atoms with Crippen LogP contribution >= 0.6 is 23.1 Å². The zero-order valence-corrected chi connectivity index (χ0v) is 11.0. The minimum atomic E-state index is 0.529. The second kappa shape index (κ2) is 6.54. The number of rotatable bonds is 6. The molecule has 0 bridgehead atoms. The third-order valence-corrected chi connectivity index (χ3v) is 4.71. The van der Waals surface area contributed by atoms with Gasteiger partial charge < -0.3 is 10.1 Å². The fourth-order valence-electron chi connectivity index (χ4n) is 1.88. The van der Waals surface area contributed by atoms with E-state index in [-0.39, 0.29) is 0 Å². The first-order valence-corrected chi connectivity index (χ1v) is 7.46. The summed E-state index contributed by atoms with van der Waals surface area (Å²) < 4.78 is 6.50. The first-order chi connectivity index (χ1) is 7.90. The van der Waals surface area contributed by atoms with Crippen molar-refractivity contribution >= 4 is 23.1 Å². The summed E-state index contributed by atoms with van der Waals surface area (Å²) in [5.41, 5.74) is 1.78. The summed E-state index contributed by atoms with van der Waals surface area (Å²) >= 11 is 3.40. The summed E-state index contributed by atoms with van der Waals surface area (Å²) in [6.07, 6.45) is 1.17. The van der Waals surface area contributed by atoms with Crippen LogP contribution in [0.2, 0.25) is 0 Å². The van der Waals surface area contributed by atoms with Gasteiger partial charge >= 0.3 is 0 Å². The van der Waals surface area contributed by atoms with Gasteiger partial charge in [0, 0.05) is 24.3 Å². The van der Waals surface area contributed by atoms with Crippen molar-refractivity contribution in [1.29, 1.82) is 0 Å². The Kier molecular flexibility index (Phi) is 5.02. The molecule has 16 heavy (non-hydrogen) atoms. The molecule has 0 aromatic carbocycles. The van der Waals surface area contributed by atoms with Crippen molar-refractivity contribution in [3.05, 3.63) is 5.51 Å². The fourth-order valence-corrected chi connectivity index (χ4v) is 3.58. The van der Waals surface area contributed by atoms with Crippen LogP contribution in [0.1, 0.15) is 13.3 Å². The van der Waals surface area contributed by atoms with Crippen LogP contribution in [0.25, 0.3) is 0 Å². The van der Waals surface area contributed by atoms with Crippen LogP contribution in [0.3, 0.4) is 0 Å². The first kappa shape index (κ1) is 12.3. The van der Waals surface area contributed by atoms with Crippen molar-refractivity contribution in [1.82, 2.24) is 15.5 Å². The summed E-state index contributed by atoms with van der Waals surface area (Å²) in [5, 5.41) is 11.4. The van der Waals surface area contributed by atoms with Crippen molar-refractivity contribution in [2.24, 2.45) is 5.92 Å². The summed E-state index contributed by atoms with van der Waals surface area (Å²) in [5.74, 6) is 1.71. The molecule has 1 fully saturated rings. The molecular weight excluding hydrogens is 242 g/mol. The molecule has 0 aliphatic carbocycles. The molecule has 90 valence electrons. The maximum Gasteiger partial charge on any atom is 0.174 e. The lowest BCUT2D eigenvalue weighted by Gasteiger charge is -2.22. The Morgan fingerprint density at radius 2 is 2.69 bits per heavy atom. The Balaban J connectivity index is 1.82. The lowest BCUT2D eigenvalue weighted by molar-refractivity contribution is 0.179. The quantitative estimate of drug-likeness (QED) is 0.787. The van der Waals surface area contributed by atoms with E-state index in [1.54, 1.807) is 28.6 Å². The molecule has 1 N–H and O–H groups in total. The highest BCUT2D eigenvalue weighted by molar-refractivity contribution is 8.01. The Bertz CT molecular complexity index is 288. The lowest BCUT2D eigenvalue weighted by Crippen LogP contribution is -2.38. The maximum atomic E-state index is 5.45. The second-order valence-corrected chi connectivity index (χ2v) is 5.90. The molecule has 6 heteroatoms. The van der Waals surface area contributed by atoms with Gasteiger partial charge in [0.25, 0.3) is 0 Å². The molecule has 0 saturated carbocycles. The summed E-state index contributed by atoms with van der Waals surface area (Å²) in [6, 6.07) is 0.529. The van der Waals surface area contributed by atoms with Crippen LogP contribution in [0, 0.1) is 5.92 Å². The van der Waals surface area contributed by atoms with Gasteiger partial charge in [-0.3, -0.25) is 0 Å². The topological polar surface area (TPSA) is 47.0 Å². The molecule has 1 saturated heterocycles. The van der Waals surface area contributed by atoms with Crippen LogP contribution in [-0.2, 0) is 4.74 Å². The van der Waals surface area contributed by atoms with E-state index in [4.69, 9.17) is 4.74 Å². The van der Waals surface area contributed by atoms with Crippen LogP contribution in [0.15, 0.2) is 9.85 Å². The predicted molar refractivity (Wildman–Crippen MR) is 67.0 cm³/mol. The fraction of sp³-hybridized carbons (Fsp3) is 0.800. The van der Waals surface area contributed by atoms with Gasteiger partial charge in [0.2, 0.25) is 0 Å². The first-order valence-electron chi connectivity index (χ1n) is 5.60. The molecule has 2 unspecified atom stereocenters. The SMILES string of the molecule is CCNC(CSc1nncs1)C1CCOC1. The molecule has 1 aliphatic heterocycles.